The first-order valence-corrected chi connectivity index (χ1v) is 11.9. The number of amides is 1. The Hall–Kier alpha value is -3.45. The van der Waals surface area contributed by atoms with Gasteiger partial charge in [-0.3, -0.25) is 4.79 Å². The number of nitrogens with zero attached hydrogens (tertiary/aromatic N) is 3. The highest BCUT2D eigenvalue weighted by atomic mass is 16.5. The summed E-state index contributed by atoms with van der Waals surface area (Å²) in [7, 11) is 1.64. The molecule has 3 aromatic rings. The van der Waals surface area contributed by atoms with E-state index in [2.05, 4.69) is 29.4 Å². The van der Waals surface area contributed by atoms with E-state index < -0.39 is 0 Å². The predicted octanol–water partition coefficient (Wildman–Crippen LogP) is 4.23. The van der Waals surface area contributed by atoms with Gasteiger partial charge < -0.3 is 18.9 Å². The molecule has 2 aromatic carbocycles. The average Bonchev–Trinajstić information content (AvgIpc) is 3.65. The number of ether oxygens (including phenoxy) is 2. The Bertz CT molecular complexity index is 1230. The first-order chi connectivity index (χ1) is 16.7. The number of methoxy groups -OCH3 is 1. The highest BCUT2D eigenvalue weighted by Gasteiger charge is 2.43. The normalized spacial score (nSPS) is 20.9. The second-order valence-electron chi connectivity index (χ2n) is 9.24. The maximum atomic E-state index is 12.9. The van der Waals surface area contributed by atoms with Crippen LogP contribution in [0.4, 0.5) is 0 Å². The minimum atomic E-state index is -0.259. The van der Waals surface area contributed by atoms with Crippen LogP contribution in [0.1, 0.15) is 42.7 Å². The standard InChI is InChI=1S/C27H27N3O4/c1-32-19-10-8-18(9-11-19)24-28-25(34-29-24)21-17-27(22-6-3-2-5-20(21)22)12-14-30(15-13-27)26(31)23-7-4-16-33-23/h2-3,5-6,8-11,17,23H,4,7,12-16H2,1H3. The molecule has 0 bridgehead atoms. The largest absolute Gasteiger partial charge is 0.497 e. The zero-order valence-corrected chi connectivity index (χ0v) is 19.2. The lowest BCUT2D eigenvalue weighted by atomic mass is 9.74. The van der Waals surface area contributed by atoms with Crippen molar-refractivity contribution in [2.45, 2.75) is 37.2 Å². The summed E-state index contributed by atoms with van der Waals surface area (Å²) in [5.41, 5.74) is 4.12. The van der Waals surface area contributed by atoms with Crippen molar-refractivity contribution in [3.8, 4) is 17.1 Å². The molecule has 2 aliphatic heterocycles. The monoisotopic (exact) mass is 457 g/mol. The van der Waals surface area contributed by atoms with Crippen molar-refractivity contribution in [3.05, 3.63) is 71.6 Å². The zero-order valence-electron chi connectivity index (χ0n) is 19.2. The maximum absolute atomic E-state index is 12.9. The van der Waals surface area contributed by atoms with Crippen molar-refractivity contribution in [1.82, 2.24) is 15.0 Å². The number of carbonyl (C=O) groups excluding carboxylic acids is 1. The van der Waals surface area contributed by atoms with E-state index in [4.69, 9.17) is 19.0 Å². The molecule has 0 N–H and O–H groups in total. The van der Waals surface area contributed by atoms with Gasteiger partial charge in [-0.1, -0.05) is 35.5 Å². The molecule has 2 saturated heterocycles. The van der Waals surface area contributed by atoms with Crippen LogP contribution in [0, 0.1) is 0 Å². The predicted molar refractivity (Wildman–Crippen MR) is 126 cm³/mol. The molecule has 174 valence electrons. The number of fused-ring (bicyclic) bond motifs is 2. The summed E-state index contributed by atoms with van der Waals surface area (Å²) < 4.78 is 16.6. The van der Waals surface area contributed by atoms with Crippen molar-refractivity contribution in [2.75, 3.05) is 26.8 Å². The molecule has 1 aromatic heterocycles. The van der Waals surface area contributed by atoms with Crippen molar-refractivity contribution in [2.24, 2.45) is 0 Å². The fraction of sp³-hybridized carbons (Fsp3) is 0.370. The van der Waals surface area contributed by atoms with Gasteiger partial charge in [-0.05, 0) is 61.1 Å². The third kappa shape index (κ3) is 3.51. The Labute approximate surface area is 198 Å². The van der Waals surface area contributed by atoms with Gasteiger partial charge in [-0.2, -0.15) is 4.98 Å². The molecule has 1 spiro atoms. The van der Waals surface area contributed by atoms with Gasteiger partial charge in [0.25, 0.3) is 11.8 Å². The van der Waals surface area contributed by atoms with Gasteiger partial charge in [0.15, 0.2) is 0 Å². The highest BCUT2D eigenvalue weighted by Crippen LogP contribution is 2.48. The molecule has 7 nitrogen and oxygen atoms in total. The van der Waals surface area contributed by atoms with E-state index in [1.165, 1.54) is 5.56 Å². The number of hydrogen-bond donors (Lipinski definition) is 0. The van der Waals surface area contributed by atoms with Gasteiger partial charge in [0, 0.05) is 36.2 Å². The van der Waals surface area contributed by atoms with Gasteiger partial charge >= 0.3 is 0 Å². The van der Waals surface area contributed by atoms with E-state index in [0.29, 0.717) is 18.3 Å². The van der Waals surface area contributed by atoms with Gasteiger partial charge in [0.2, 0.25) is 5.82 Å². The summed E-state index contributed by atoms with van der Waals surface area (Å²) in [5.74, 6) is 2.00. The van der Waals surface area contributed by atoms with Crippen LogP contribution in [0.3, 0.4) is 0 Å². The zero-order chi connectivity index (χ0) is 23.1. The van der Waals surface area contributed by atoms with E-state index >= 15 is 0 Å². The average molecular weight is 458 g/mol. The SMILES string of the molecule is COc1ccc(-c2noc(C3=CC4(CCN(C(=O)C5CCCO5)CC4)c4ccccc43)n2)cc1. The van der Waals surface area contributed by atoms with E-state index in [0.717, 1.165) is 61.2 Å². The van der Waals surface area contributed by atoms with Crippen LogP contribution in [0.2, 0.25) is 0 Å². The Morgan fingerprint density at radius 3 is 2.65 bits per heavy atom. The Kier molecular flexibility index (Phi) is 5.21. The summed E-state index contributed by atoms with van der Waals surface area (Å²) >= 11 is 0. The molecule has 1 unspecified atom stereocenters. The molecule has 2 fully saturated rings. The van der Waals surface area contributed by atoms with E-state index in [-0.39, 0.29) is 17.4 Å². The second-order valence-corrected chi connectivity index (χ2v) is 9.24. The lowest BCUT2D eigenvalue weighted by molar-refractivity contribution is -0.142. The molecule has 34 heavy (non-hydrogen) atoms. The molecule has 1 amide bonds. The summed E-state index contributed by atoms with van der Waals surface area (Å²) in [6.45, 7) is 2.13. The number of carbonyl (C=O) groups is 1. The van der Waals surface area contributed by atoms with E-state index in [9.17, 15) is 4.79 Å². The molecule has 0 saturated carbocycles. The van der Waals surface area contributed by atoms with Crippen LogP contribution < -0.4 is 4.74 Å². The van der Waals surface area contributed by atoms with Crippen LogP contribution >= 0.6 is 0 Å². The Balaban J connectivity index is 1.27. The maximum Gasteiger partial charge on any atom is 0.258 e. The van der Waals surface area contributed by atoms with Gasteiger partial charge in [0.1, 0.15) is 11.9 Å². The summed E-state index contributed by atoms with van der Waals surface area (Å²) in [5, 5.41) is 4.24. The first-order valence-electron chi connectivity index (χ1n) is 11.9. The molecular weight excluding hydrogens is 430 g/mol. The molecule has 6 rings (SSSR count). The second kappa shape index (κ2) is 8.40. The van der Waals surface area contributed by atoms with Crippen LogP contribution in [0.5, 0.6) is 5.75 Å². The molecule has 1 atom stereocenters. The summed E-state index contributed by atoms with van der Waals surface area (Å²) in [6.07, 6.45) is 5.57. The highest BCUT2D eigenvalue weighted by molar-refractivity contribution is 5.85. The number of allylic oxidation sites excluding steroid dienone is 1. The number of benzene rings is 2. The number of likely N-dealkylation sites (tertiary alicyclic amines) is 1. The molecular formula is C27H27N3O4. The number of aromatic nitrogens is 2. The van der Waals surface area contributed by atoms with Crippen LogP contribution in [0.15, 0.2) is 59.1 Å². The number of piperidine rings is 1. The third-order valence-electron chi connectivity index (χ3n) is 7.35. The quantitative estimate of drug-likeness (QED) is 0.584. The smallest absolute Gasteiger partial charge is 0.258 e. The Morgan fingerprint density at radius 2 is 1.91 bits per heavy atom. The summed E-state index contributed by atoms with van der Waals surface area (Å²) in [6, 6.07) is 16.1. The minimum absolute atomic E-state index is 0.131. The van der Waals surface area contributed by atoms with Crippen LogP contribution in [-0.2, 0) is 14.9 Å². The molecule has 3 heterocycles. The topological polar surface area (TPSA) is 77.7 Å². The van der Waals surface area contributed by atoms with E-state index in [1.807, 2.05) is 35.2 Å². The van der Waals surface area contributed by atoms with Gasteiger partial charge in [-0.25, -0.2) is 0 Å². The molecule has 3 aliphatic rings. The Morgan fingerprint density at radius 1 is 1.12 bits per heavy atom. The van der Waals surface area contributed by atoms with E-state index in [1.54, 1.807) is 7.11 Å². The van der Waals surface area contributed by atoms with Crippen LogP contribution in [-0.4, -0.2) is 53.9 Å². The lowest BCUT2D eigenvalue weighted by Crippen LogP contribution is -2.47. The lowest BCUT2D eigenvalue weighted by Gasteiger charge is -2.39. The fourth-order valence-corrected chi connectivity index (χ4v) is 5.47. The van der Waals surface area contributed by atoms with Crippen molar-refractivity contribution in [3.63, 3.8) is 0 Å². The van der Waals surface area contributed by atoms with Gasteiger partial charge in [0.05, 0.1) is 7.11 Å². The van der Waals surface area contributed by atoms with Crippen molar-refractivity contribution >= 4 is 11.5 Å². The molecule has 0 radical (unpaired) electrons. The minimum Gasteiger partial charge on any atom is -0.497 e. The van der Waals surface area contributed by atoms with Crippen LogP contribution in [0.25, 0.3) is 17.0 Å². The number of hydrogen-bond acceptors (Lipinski definition) is 6. The van der Waals surface area contributed by atoms with Gasteiger partial charge in [-0.15, -0.1) is 0 Å². The third-order valence-corrected chi connectivity index (χ3v) is 7.35. The molecule has 1 aliphatic carbocycles. The molecule has 7 heteroatoms. The fourth-order valence-electron chi connectivity index (χ4n) is 5.47. The number of rotatable bonds is 4. The van der Waals surface area contributed by atoms with Crippen molar-refractivity contribution in [1.29, 1.82) is 0 Å². The summed E-state index contributed by atoms with van der Waals surface area (Å²) in [4.78, 5) is 19.6. The van der Waals surface area contributed by atoms with Crippen molar-refractivity contribution < 1.29 is 18.8 Å². The first kappa shape index (κ1) is 21.1.